The van der Waals surface area contributed by atoms with Crippen LogP contribution in [-0.2, 0) is 21.2 Å². The summed E-state index contributed by atoms with van der Waals surface area (Å²) in [7, 11) is -3.70. The third kappa shape index (κ3) is 6.36. The molecule has 0 aliphatic heterocycles. The average molecular weight is 439 g/mol. The molecule has 0 heterocycles. The molecule has 26 heavy (non-hydrogen) atoms. The van der Waals surface area contributed by atoms with Crippen LogP contribution < -0.4 is 10.5 Å². The predicted molar refractivity (Wildman–Crippen MR) is 102 cm³/mol. The van der Waals surface area contributed by atoms with Gasteiger partial charge in [0, 0.05) is 29.4 Å². The number of primary sulfonamides is 1. The first-order valence-electron chi connectivity index (χ1n) is 7.93. The molecule has 0 aromatic heterocycles. The molecule has 2 aromatic rings. The lowest BCUT2D eigenvalue weighted by Gasteiger charge is -2.06. The van der Waals surface area contributed by atoms with Gasteiger partial charge in [-0.3, -0.25) is 9.59 Å². The highest BCUT2D eigenvalue weighted by molar-refractivity contribution is 9.10. The SMILES string of the molecule is NS(=O)(=O)c1ccc(CCNC(=O)CCC(=O)c2ccc(Br)cc2)cc1. The number of nitrogens with two attached hydrogens (primary N) is 1. The summed E-state index contributed by atoms with van der Waals surface area (Å²) < 4.78 is 23.3. The largest absolute Gasteiger partial charge is 0.356 e. The molecule has 0 unspecified atom stereocenters. The van der Waals surface area contributed by atoms with Gasteiger partial charge < -0.3 is 5.32 Å². The number of ketones is 1. The molecule has 0 saturated heterocycles. The first-order chi connectivity index (χ1) is 12.3. The molecule has 0 bridgehead atoms. The van der Waals surface area contributed by atoms with Gasteiger partial charge in [-0.05, 0) is 36.2 Å². The summed E-state index contributed by atoms with van der Waals surface area (Å²) in [4.78, 5) is 23.9. The number of halogens is 1. The summed E-state index contributed by atoms with van der Waals surface area (Å²) in [6.45, 7) is 0.403. The third-order valence-corrected chi connectivity index (χ3v) is 5.19. The van der Waals surface area contributed by atoms with E-state index in [2.05, 4.69) is 21.2 Å². The first kappa shape index (κ1) is 20.3. The van der Waals surface area contributed by atoms with E-state index in [4.69, 9.17) is 5.14 Å². The highest BCUT2D eigenvalue weighted by Gasteiger charge is 2.10. The molecule has 6 nitrogen and oxygen atoms in total. The number of carbonyl (C=O) groups is 2. The molecule has 0 spiro atoms. The van der Waals surface area contributed by atoms with E-state index in [0.29, 0.717) is 18.5 Å². The number of benzene rings is 2. The lowest BCUT2D eigenvalue weighted by Crippen LogP contribution is -2.26. The van der Waals surface area contributed by atoms with E-state index in [9.17, 15) is 18.0 Å². The Morgan fingerprint density at radius 2 is 1.58 bits per heavy atom. The van der Waals surface area contributed by atoms with Crippen LogP contribution in [0.15, 0.2) is 57.9 Å². The number of sulfonamides is 1. The highest BCUT2D eigenvalue weighted by atomic mass is 79.9. The van der Waals surface area contributed by atoms with Crippen LogP contribution in [0.2, 0.25) is 0 Å². The molecule has 0 atom stereocenters. The highest BCUT2D eigenvalue weighted by Crippen LogP contribution is 2.13. The second-order valence-corrected chi connectivity index (χ2v) is 8.20. The third-order valence-electron chi connectivity index (χ3n) is 3.73. The Morgan fingerprint density at radius 3 is 2.15 bits per heavy atom. The Morgan fingerprint density at radius 1 is 0.962 bits per heavy atom. The fourth-order valence-corrected chi connectivity index (χ4v) is 3.07. The predicted octanol–water partition coefficient (Wildman–Crippen LogP) is 2.42. The Kier molecular flexibility index (Phi) is 7.07. The zero-order chi connectivity index (χ0) is 19.2. The molecule has 2 aromatic carbocycles. The zero-order valence-corrected chi connectivity index (χ0v) is 16.3. The van der Waals surface area contributed by atoms with Crippen LogP contribution >= 0.6 is 15.9 Å². The van der Waals surface area contributed by atoms with E-state index < -0.39 is 10.0 Å². The minimum Gasteiger partial charge on any atom is -0.356 e. The molecule has 3 N–H and O–H groups in total. The minimum atomic E-state index is -3.70. The average Bonchev–Trinajstić information content (AvgIpc) is 2.60. The van der Waals surface area contributed by atoms with Gasteiger partial charge in [-0.1, -0.05) is 40.2 Å². The number of hydrogen-bond donors (Lipinski definition) is 2. The van der Waals surface area contributed by atoms with Crippen molar-refractivity contribution in [3.05, 3.63) is 64.1 Å². The number of rotatable bonds is 8. The molecule has 8 heteroatoms. The number of hydrogen-bond acceptors (Lipinski definition) is 4. The maximum Gasteiger partial charge on any atom is 0.238 e. The van der Waals surface area contributed by atoms with Crippen LogP contribution in [0.5, 0.6) is 0 Å². The van der Waals surface area contributed by atoms with Crippen molar-refractivity contribution in [3.63, 3.8) is 0 Å². The molecule has 138 valence electrons. The first-order valence-corrected chi connectivity index (χ1v) is 10.3. The lowest BCUT2D eigenvalue weighted by atomic mass is 10.1. The number of Topliss-reactive ketones (excluding diaryl/α,β-unsaturated/α-hetero) is 1. The van der Waals surface area contributed by atoms with Gasteiger partial charge in [0.25, 0.3) is 0 Å². The van der Waals surface area contributed by atoms with Crippen molar-refractivity contribution in [1.29, 1.82) is 0 Å². The van der Waals surface area contributed by atoms with Gasteiger partial charge in [0.15, 0.2) is 5.78 Å². The molecule has 1 amide bonds. The van der Waals surface area contributed by atoms with Crippen molar-refractivity contribution in [1.82, 2.24) is 5.32 Å². The molecule has 2 rings (SSSR count). The maximum absolute atomic E-state index is 12.0. The van der Waals surface area contributed by atoms with E-state index >= 15 is 0 Å². The van der Waals surface area contributed by atoms with Crippen LogP contribution in [0.1, 0.15) is 28.8 Å². The van der Waals surface area contributed by atoms with Crippen molar-refractivity contribution in [3.8, 4) is 0 Å². The number of nitrogens with one attached hydrogen (secondary N) is 1. The van der Waals surface area contributed by atoms with Crippen molar-refractivity contribution in [2.75, 3.05) is 6.54 Å². The van der Waals surface area contributed by atoms with Gasteiger partial charge in [0.05, 0.1) is 4.90 Å². The summed E-state index contributed by atoms with van der Waals surface area (Å²) in [5.74, 6) is -0.275. The van der Waals surface area contributed by atoms with Crippen molar-refractivity contribution >= 4 is 37.6 Å². The van der Waals surface area contributed by atoms with Crippen LogP contribution in [-0.4, -0.2) is 26.7 Å². The van der Waals surface area contributed by atoms with Crippen molar-refractivity contribution in [2.24, 2.45) is 5.14 Å². The fraction of sp³-hybridized carbons (Fsp3) is 0.222. The summed E-state index contributed by atoms with van der Waals surface area (Å²) in [5, 5.41) is 7.79. The van der Waals surface area contributed by atoms with Gasteiger partial charge in [-0.15, -0.1) is 0 Å². The van der Waals surface area contributed by atoms with E-state index in [-0.39, 0.29) is 29.4 Å². The lowest BCUT2D eigenvalue weighted by molar-refractivity contribution is -0.121. The minimum absolute atomic E-state index is 0.0525. The van der Waals surface area contributed by atoms with E-state index in [0.717, 1.165) is 10.0 Å². The molecule has 0 saturated carbocycles. The number of carbonyl (C=O) groups excluding carboxylic acids is 2. The Bertz CT molecular complexity index is 878. The summed E-state index contributed by atoms with van der Waals surface area (Å²) in [5.41, 5.74) is 1.46. The topological polar surface area (TPSA) is 106 Å². The quantitative estimate of drug-likeness (QED) is 0.616. The van der Waals surface area contributed by atoms with E-state index in [1.54, 1.807) is 36.4 Å². The van der Waals surface area contributed by atoms with Gasteiger partial charge in [-0.25, -0.2) is 13.6 Å². The summed E-state index contributed by atoms with van der Waals surface area (Å²) >= 11 is 3.31. The Balaban J connectivity index is 1.73. The van der Waals surface area contributed by atoms with Crippen LogP contribution in [0, 0.1) is 0 Å². The molecular formula is C18H19BrN2O4S. The summed E-state index contributed by atoms with van der Waals surface area (Å²) in [6.07, 6.45) is 0.826. The molecule has 0 aliphatic rings. The molecule has 0 fully saturated rings. The van der Waals surface area contributed by atoms with Crippen LogP contribution in [0.3, 0.4) is 0 Å². The van der Waals surface area contributed by atoms with Gasteiger partial charge in [0.1, 0.15) is 0 Å². The monoisotopic (exact) mass is 438 g/mol. The maximum atomic E-state index is 12.0. The number of amides is 1. The smallest absolute Gasteiger partial charge is 0.238 e. The van der Waals surface area contributed by atoms with Crippen molar-refractivity contribution < 1.29 is 18.0 Å². The van der Waals surface area contributed by atoms with Crippen LogP contribution in [0.4, 0.5) is 0 Å². The zero-order valence-electron chi connectivity index (χ0n) is 13.9. The molecule has 0 radical (unpaired) electrons. The van der Waals surface area contributed by atoms with Gasteiger partial charge in [0.2, 0.25) is 15.9 Å². The van der Waals surface area contributed by atoms with Crippen LogP contribution in [0.25, 0.3) is 0 Å². The molecular weight excluding hydrogens is 420 g/mol. The normalized spacial score (nSPS) is 11.2. The van der Waals surface area contributed by atoms with Gasteiger partial charge >= 0.3 is 0 Å². The van der Waals surface area contributed by atoms with E-state index in [1.807, 2.05) is 0 Å². The van der Waals surface area contributed by atoms with E-state index in [1.165, 1.54) is 12.1 Å². The Labute approximate surface area is 161 Å². The fourth-order valence-electron chi connectivity index (χ4n) is 2.29. The summed E-state index contributed by atoms with van der Waals surface area (Å²) in [6, 6.07) is 13.2. The molecule has 0 aliphatic carbocycles. The van der Waals surface area contributed by atoms with Crippen molar-refractivity contribution in [2.45, 2.75) is 24.2 Å². The Hall–Kier alpha value is -2.03. The standard InChI is InChI=1S/C18H19BrN2O4S/c19-15-5-3-14(4-6-15)17(22)9-10-18(23)21-12-11-13-1-7-16(8-2-13)26(20,24)25/h1-8H,9-12H2,(H,21,23)(H2,20,24,25). The second kappa shape index (κ2) is 9.07. The van der Waals surface area contributed by atoms with Gasteiger partial charge in [-0.2, -0.15) is 0 Å². The second-order valence-electron chi connectivity index (χ2n) is 5.72.